The Balaban J connectivity index is 0. The molecule has 3 heteroatoms. The molecule has 0 saturated heterocycles. The maximum absolute atomic E-state index is 11.5. The zero-order chi connectivity index (χ0) is 13.1. The Morgan fingerprint density at radius 3 is 1.69 bits per heavy atom. The molecule has 0 bridgehead atoms. The van der Waals surface area contributed by atoms with Gasteiger partial charge in [0, 0.05) is 19.9 Å². The average Bonchev–Trinajstić information content (AvgIpc) is 2.86. The Kier molecular flexibility index (Phi) is 11.7. The quantitative estimate of drug-likeness (QED) is 0.692. The summed E-state index contributed by atoms with van der Waals surface area (Å²) in [5, 5.41) is 0. The van der Waals surface area contributed by atoms with Gasteiger partial charge in [-0.2, -0.15) is 0 Å². The third-order valence-corrected chi connectivity index (χ3v) is 2.51. The number of nitrogens with zero attached hydrogens (tertiary/aromatic N) is 1. The molecule has 0 aromatic heterocycles. The Hall–Kier alpha value is -0.860. The van der Waals surface area contributed by atoms with Gasteiger partial charge in [0.05, 0.1) is 0 Å². The highest BCUT2D eigenvalue weighted by molar-refractivity contribution is 5.94. The zero-order valence-electron chi connectivity index (χ0n) is 11.7. The van der Waals surface area contributed by atoms with Crippen LogP contribution >= 0.6 is 0 Å². The topological polar surface area (TPSA) is 37.4 Å². The van der Waals surface area contributed by atoms with Crippen LogP contribution in [0, 0.1) is 5.92 Å². The van der Waals surface area contributed by atoms with Crippen LogP contribution in [0.25, 0.3) is 0 Å². The first-order chi connectivity index (χ1) is 7.63. The molecule has 0 heterocycles. The van der Waals surface area contributed by atoms with Crippen molar-refractivity contribution in [3.8, 4) is 0 Å². The van der Waals surface area contributed by atoms with Gasteiger partial charge in [-0.3, -0.25) is 14.5 Å². The number of hydrogen-bond acceptors (Lipinski definition) is 2. The lowest BCUT2D eigenvalue weighted by molar-refractivity contribution is -0.144. The van der Waals surface area contributed by atoms with Crippen molar-refractivity contribution in [3.63, 3.8) is 0 Å². The van der Waals surface area contributed by atoms with Crippen molar-refractivity contribution >= 4 is 11.8 Å². The van der Waals surface area contributed by atoms with E-state index in [1.165, 1.54) is 11.8 Å². The highest BCUT2D eigenvalue weighted by Crippen LogP contribution is 2.26. The first-order valence-corrected chi connectivity index (χ1v) is 6.41. The molecule has 0 unspecified atom stereocenters. The van der Waals surface area contributed by atoms with Crippen molar-refractivity contribution in [1.29, 1.82) is 0 Å². The Morgan fingerprint density at radius 2 is 1.38 bits per heavy atom. The molecule has 16 heavy (non-hydrogen) atoms. The van der Waals surface area contributed by atoms with Crippen LogP contribution in [0.2, 0.25) is 0 Å². The van der Waals surface area contributed by atoms with E-state index in [0.717, 1.165) is 25.7 Å². The third-order valence-electron chi connectivity index (χ3n) is 2.51. The van der Waals surface area contributed by atoms with Crippen molar-refractivity contribution in [1.82, 2.24) is 4.90 Å². The van der Waals surface area contributed by atoms with Crippen LogP contribution in [0.3, 0.4) is 0 Å². The lowest BCUT2D eigenvalue weighted by Crippen LogP contribution is -2.35. The van der Waals surface area contributed by atoms with E-state index >= 15 is 0 Å². The first kappa shape index (κ1) is 17.5. The fourth-order valence-corrected chi connectivity index (χ4v) is 1.60. The molecular weight excluding hydrogens is 202 g/mol. The van der Waals surface area contributed by atoms with Gasteiger partial charge in [-0.1, -0.05) is 40.5 Å². The summed E-state index contributed by atoms with van der Waals surface area (Å²) < 4.78 is 0. The normalized spacial score (nSPS) is 14.1. The van der Waals surface area contributed by atoms with Gasteiger partial charge in [0.25, 0.3) is 0 Å². The summed E-state index contributed by atoms with van der Waals surface area (Å²) in [6.45, 7) is 9.42. The monoisotopic (exact) mass is 229 g/mol. The summed E-state index contributed by atoms with van der Waals surface area (Å²) in [6, 6.07) is 0. The van der Waals surface area contributed by atoms with Crippen molar-refractivity contribution in [2.45, 2.75) is 60.3 Å². The van der Waals surface area contributed by atoms with Gasteiger partial charge in [-0.05, 0) is 12.8 Å². The molecule has 0 N–H and O–H groups in total. The summed E-state index contributed by atoms with van der Waals surface area (Å²) in [4.78, 5) is 23.6. The predicted molar refractivity (Wildman–Crippen MR) is 68.1 cm³/mol. The van der Waals surface area contributed by atoms with Gasteiger partial charge in [-0.25, -0.2) is 0 Å². The lowest BCUT2D eigenvalue weighted by atomic mass is 10.1. The smallest absolute Gasteiger partial charge is 0.232 e. The van der Waals surface area contributed by atoms with E-state index in [0.29, 0.717) is 0 Å². The van der Waals surface area contributed by atoms with E-state index in [-0.39, 0.29) is 17.7 Å². The van der Waals surface area contributed by atoms with Gasteiger partial charge in [-0.15, -0.1) is 0 Å². The second kappa shape index (κ2) is 10.7. The maximum Gasteiger partial charge on any atom is 0.232 e. The van der Waals surface area contributed by atoms with Gasteiger partial charge in [0.1, 0.15) is 0 Å². The molecule has 0 radical (unpaired) electrons. The fourth-order valence-electron chi connectivity index (χ4n) is 1.60. The summed E-state index contributed by atoms with van der Waals surface area (Å²) >= 11 is 0. The molecule has 0 aliphatic heterocycles. The van der Waals surface area contributed by atoms with Crippen LogP contribution in [0.4, 0.5) is 0 Å². The second-order valence-electron chi connectivity index (χ2n) is 3.40. The average molecular weight is 229 g/mol. The third kappa shape index (κ3) is 5.89. The van der Waals surface area contributed by atoms with Crippen LogP contribution in [-0.4, -0.2) is 23.8 Å². The summed E-state index contributed by atoms with van der Waals surface area (Å²) in [7, 11) is 1.56. The van der Waals surface area contributed by atoms with Crippen LogP contribution in [0.1, 0.15) is 60.3 Å². The van der Waals surface area contributed by atoms with Crippen LogP contribution in [0.5, 0.6) is 0 Å². The number of carbonyl (C=O) groups excluding carboxylic acids is 2. The number of imide groups is 1. The minimum atomic E-state index is -0.160. The zero-order valence-corrected chi connectivity index (χ0v) is 11.7. The van der Waals surface area contributed by atoms with E-state index in [1.54, 1.807) is 7.05 Å². The largest absolute Gasteiger partial charge is 0.286 e. The second-order valence-corrected chi connectivity index (χ2v) is 3.40. The van der Waals surface area contributed by atoms with Gasteiger partial charge in [0.15, 0.2) is 0 Å². The van der Waals surface area contributed by atoms with Gasteiger partial charge >= 0.3 is 0 Å². The molecule has 0 spiro atoms. The molecule has 1 aliphatic carbocycles. The SMILES string of the molecule is CC.CC.CC(=O)N(C)C(=O)C1CCCC1. The lowest BCUT2D eigenvalue weighted by Gasteiger charge is -2.16. The predicted octanol–water partition coefficient (Wildman–Crippen LogP) is 3.23. The molecule has 1 fully saturated rings. The Labute approximate surface area is 100 Å². The molecule has 1 aliphatic rings. The number of hydrogen-bond donors (Lipinski definition) is 0. The minimum Gasteiger partial charge on any atom is -0.286 e. The van der Waals surface area contributed by atoms with Crippen LogP contribution in [-0.2, 0) is 9.59 Å². The Morgan fingerprint density at radius 1 is 1.00 bits per heavy atom. The van der Waals surface area contributed by atoms with E-state index in [4.69, 9.17) is 0 Å². The molecule has 3 nitrogen and oxygen atoms in total. The fraction of sp³-hybridized carbons (Fsp3) is 0.846. The molecule has 0 aromatic rings. The van der Waals surface area contributed by atoms with Crippen molar-refractivity contribution in [2.75, 3.05) is 7.05 Å². The van der Waals surface area contributed by atoms with Crippen LogP contribution < -0.4 is 0 Å². The first-order valence-electron chi connectivity index (χ1n) is 6.41. The van der Waals surface area contributed by atoms with E-state index in [2.05, 4.69) is 0 Å². The number of rotatable bonds is 1. The molecule has 96 valence electrons. The van der Waals surface area contributed by atoms with E-state index in [1.807, 2.05) is 27.7 Å². The standard InChI is InChI=1S/C9H15NO2.2C2H6/c1-7(11)10(2)9(12)8-5-3-4-6-8;2*1-2/h8H,3-6H2,1-2H3;2*1-2H3. The van der Waals surface area contributed by atoms with Crippen molar-refractivity contribution in [2.24, 2.45) is 5.92 Å². The highest BCUT2D eigenvalue weighted by atomic mass is 16.2. The number of amides is 2. The van der Waals surface area contributed by atoms with Gasteiger partial charge < -0.3 is 0 Å². The number of carbonyl (C=O) groups is 2. The highest BCUT2D eigenvalue weighted by Gasteiger charge is 2.26. The summed E-state index contributed by atoms with van der Waals surface area (Å²) in [5.41, 5.74) is 0. The van der Waals surface area contributed by atoms with Crippen LogP contribution in [0.15, 0.2) is 0 Å². The molecule has 2 amide bonds. The Bertz CT molecular complexity index is 196. The molecule has 0 atom stereocenters. The molecule has 0 aromatic carbocycles. The molecule has 1 saturated carbocycles. The van der Waals surface area contributed by atoms with Crippen molar-refractivity contribution in [3.05, 3.63) is 0 Å². The minimum absolute atomic E-state index is 0.000000000000000666. The molecular formula is C13H27NO2. The van der Waals surface area contributed by atoms with E-state index in [9.17, 15) is 9.59 Å². The van der Waals surface area contributed by atoms with E-state index < -0.39 is 0 Å². The summed E-state index contributed by atoms with van der Waals surface area (Å²) in [6.07, 6.45) is 4.16. The summed E-state index contributed by atoms with van der Waals surface area (Å²) in [5.74, 6) is -0.0502. The van der Waals surface area contributed by atoms with Gasteiger partial charge in [0.2, 0.25) is 11.8 Å². The molecule has 1 rings (SSSR count). The maximum atomic E-state index is 11.5. The van der Waals surface area contributed by atoms with Crippen molar-refractivity contribution < 1.29 is 9.59 Å².